The maximum Gasteiger partial charge on any atom is 0.243 e. The van der Waals surface area contributed by atoms with Gasteiger partial charge in [0.2, 0.25) is 11.8 Å². The fourth-order valence-corrected chi connectivity index (χ4v) is 1.62. The van der Waals surface area contributed by atoms with Gasteiger partial charge in [-0.25, -0.2) is 0 Å². The summed E-state index contributed by atoms with van der Waals surface area (Å²) in [6, 6.07) is -0.332. The fraction of sp³-hybridized carbons (Fsp3) is 0.600. The molecule has 0 spiro atoms. The Bertz CT molecular complexity index is 304. The van der Waals surface area contributed by atoms with Crippen LogP contribution in [0, 0.1) is 0 Å². The molecule has 2 unspecified atom stereocenters. The van der Waals surface area contributed by atoms with E-state index in [1.54, 1.807) is 6.92 Å². The lowest BCUT2D eigenvalue weighted by atomic mass is 10.1. The minimum Gasteiger partial charge on any atom is -0.372 e. The van der Waals surface area contributed by atoms with Gasteiger partial charge in [-0.2, -0.15) is 0 Å². The number of carbonyl (C=O) groups excluding carboxylic acids is 2. The van der Waals surface area contributed by atoms with E-state index in [1.165, 1.54) is 0 Å². The summed E-state index contributed by atoms with van der Waals surface area (Å²) < 4.78 is 0. The maximum atomic E-state index is 11.4. The molecule has 2 amide bonds. The van der Waals surface area contributed by atoms with E-state index in [2.05, 4.69) is 22.5 Å². The molecule has 0 radical (unpaired) electrons. The van der Waals surface area contributed by atoms with Gasteiger partial charge in [0.05, 0.1) is 11.5 Å². The van der Waals surface area contributed by atoms with Crippen molar-refractivity contribution in [3.05, 3.63) is 12.3 Å². The summed E-state index contributed by atoms with van der Waals surface area (Å²) in [6.45, 7) is 6.00. The molecule has 1 aliphatic rings. The molecule has 3 N–H and O–H groups in total. The molecule has 16 heavy (non-hydrogen) atoms. The molecule has 0 saturated carbocycles. The summed E-state index contributed by atoms with van der Waals surface area (Å²) >= 11 is 5.72. The first-order valence-corrected chi connectivity index (χ1v) is 5.58. The summed E-state index contributed by atoms with van der Waals surface area (Å²) in [5, 5.41) is 8.21. The van der Waals surface area contributed by atoms with Gasteiger partial charge in [-0.15, -0.1) is 0 Å². The van der Waals surface area contributed by atoms with E-state index >= 15 is 0 Å². The third kappa shape index (κ3) is 4.20. The van der Waals surface area contributed by atoms with Crippen LogP contribution in [-0.2, 0) is 9.59 Å². The highest BCUT2D eigenvalue weighted by molar-refractivity contribution is 6.20. The second kappa shape index (κ2) is 5.86. The number of rotatable bonds is 5. The van der Waals surface area contributed by atoms with E-state index in [0.717, 1.165) is 0 Å². The molecule has 1 saturated heterocycles. The molecule has 1 heterocycles. The summed E-state index contributed by atoms with van der Waals surface area (Å²) in [5.74, 6) is -0.489. The monoisotopic (exact) mass is 245 g/mol. The van der Waals surface area contributed by atoms with Crippen molar-refractivity contribution in [3.63, 3.8) is 0 Å². The molecule has 1 fully saturated rings. The Morgan fingerprint density at radius 2 is 2.38 bits per heavy atom. The van der Waals surface area contributed by atoms with Crippen LogP contribution in [-0.4, -0.2) is 29.9 Å². The van der Waals surface area contributed by atoms with Crippen molar-refractivity contribution in [1.82, 2.24) is 16.0 Å². The normalized spacial score (nSPS) is 22.5. The van der Waals surface area contributed by atoms with Gasteiger partial charge in [0.25, 0.3) is 0 Å². The van der Waals surface area contributed by atoms with E-state index in [-0.39, 0.29) is 23.4 Å². The lowest BCUT2D eigenvalue weighted by molar-refractivity contribution is -0.134. The number of imide groups is 1. The third-order valence-electron chi connectivity index (χ3n) is 2.20. The zero-order chi connectivity index (χ0) is 12.1. The first-order chi connectivity index (χ1) is 7.49. The van der Waals surface area contributed by atoms with E-state index < -0.39 is 0 Å². The van der Waals surface area contributed by atoms with Crippen LogP contribution in [0.5, 0.6) is 0 Å². The van der Waals surface area contributed by atoms with Crippen LogP contribution in [0.3, 0.4) is 0 Å². The Morgan fingerprint density at radius 3 is 2.94 bits per heavy atom. The van der Waals surface area contributed by atoms with Crippen molar-refractivity contribution in [2.45, 2.75) is 31.3 Å². The second-order valence-electron chi connectivity index (χ2n) is 3.75. The van der Waals surface area contributed by atoms with Gasteiger partial charge in [0.15, 0.2) is 0 Å². The molecular weight excluding hydrogens is 230 g/mol. The Hall–Kier alpha value is -1.07. The number of hydrogen-bond donors (Lipinski definition) is 3. The minimum atomic E-state index is -0.332. The number of alkyl halides is 1. The zero-order valence-electron chi connectivity index (χ0n) is 9.18. The van der Waals surface area contributed by atoms with Crippen LogP contribution in [0.15, 0.2) is 12.3 Å². The van der Waals surface area contributed by atoms with E-state index in [4.69, 9.17) is 11.6 Å². The van der Waals surface area contributed by atoms with Crippen LogP contribution < -0.4 is 16.0 Å². The van der Waals surface area contributed by atoms with Crippen molar-refractivity contribution in [2.75, 3.05) is 6.54 Å². The molecule has 5 nitrogen and oxygen atoms in total. The van der Waals surface area contributed by atoms with Crippen molar-refractivity contribution in [2.24, 2.45) is 0 Å². The summed E-state index contributed by atoms with van der Waals surface area (Å²) in [5.41, 5.74) is 0.517. The molecule has 0 aliphatic carbocycles. The molecule has 6 heteroatoms. The number of halogens is 1. The number of piperidine rings is 1. The molecule has 1 aliphatic heterocycles. The van der Waals surface area contributed by atoms with Crippen molar-refractivity contribution in [1.29, 1.82) is 0 Å². The topological polar surface area (TPSA) is 70.2 Å². The van der Waals surface area contributed by atoms with Gasteiger partial charge in [-0.05, 0) is 13.3 Å². The SMILES string of the molecule is C=C(CNC1CCC(=O)NC1=O)NC(C)Cl. The van der Waals surface area contributed by atoms with Gasteiger partial charge in [0, 0.05) is 18.7 Å². The molecular formula is C10H16ClN3O2. The summed E-state index contributed by atoms with van der Waals surface area (Å²) in [7, 11) is 0. The molecule has 2 atom stereocenters. The predicted octanol–water partition coefficient (Wildman–Crippen LogP) is 0.0693. The van der Waals surface area contributed by atoms with Gasteiger partial charge in [0.1, 0.15) is 0 Å². The largest absolute Gasteiger partial charge is 0.372 e. The Kier molecular flexibility index (Phi) is 4.76. The molecule has 0 bridgehead atoms. The highest BCUT2D eigenvalue weighted by Gasteiger charge is 2.25. The molecule has 0 aromatic carbocycles. The van der Waals surface area contributed by atoms with Crippen LogP contribution in [0.4, 0.5) is 0 Å². The van der Waals surface area contributed by atoms with Crippen molar-refractivity contribution in [3.8, 4) is 0 Å². The van der Waals surface area contributed by atoms with Gasteiger partial charge in [-0.3, -0.25) is 14.9 Å². The van der Waals surface area contributed by atoms with Gasteiger partial charge < -0.3 is 10.6 Å². The van der Waals surface area contributed by atoms with E-state index in [0.29, 0.717) is 25.1 Å². The molecule has 90 valence electrons. The molecule has 1 rings (SSSR count). The number of nitrogens with one attached hydrogen (secondary N) is 3. The standard InChI is InChI=1S/C10H16ClN3O2/c1-6(13-7(2)11)5-12-8-3-4-9(15)14-10(8)16/h7-8,12-13H,1,3-5H2,2H3,(H,14,15,16). The van der Waals surface area contributed by atoms with Crippen molar-refractivity contribution >= 4 is 23.4 Å². The average Bonchev–Trinajstić information content (AvgIpc) is 2.15. The Morgan fingerprint density at radius 1 is 1.69 bits per heavy atom. The van der Waals surface area contributed by atoms with Crippen molar-refractivity contribution < 1.29 is 9.59 Å². The molecule has 0 aromatic rings. The fourth-order valence-electron chi connectivity index (χ4n) is 1.47. The Balaban J connectivity index is 2.30. The van der Waals surface area contributed by atoms with Crippen LogP contribution >= 0.6 is 11.6 Å². The van der Waals surface area contributed by atoms with Gasteiger partial charge in [-0.1, -0.05) is 18.2 Å². The first-order valence-electron chi connectivity index (χ1n) is 5.14. The average molecular weight is 246 g/mol. The zero-order valence-corrected chi connectivity index (χ0v) is 9.93. The number of amides is 2. The quantitative estimate of drug-likeness (QED) is 0.364. The van der Waals surface area contributed by atoms with Crippen LogP contribution in [0.25, 0.3) is 0 Å². The number of hydrogen-bond acceptors (Lipinski definition) is 4. The van der Waals surface area contributed by atoms with E-state index in [9.17, 15) is 9.59 Å². The second-order valence-corrected chi connectivity index (χ2v) is 4.40. The smallest absolute Gasteiger partial charge is 0.243 e. The van der Waals surface area contributed by atoms with E-state index in [1.807, 2.05) is 0 Å². The molecule has 0 aromatic heterocycles. The third-order valence-corrected chi connectivity index (χ3v) is 2.31. The lowest BCUT2D eigenvalue weighted by Crippen LogP contribution is -2.51. The summed E-state index contributed by atoms with van der Waals surface area (Å²) in [6.07, 6.45) is 0.892. The van der Waals surface area contributed by atoms with Crippen LogP contribution in [0.1, 0.15) is 19.8 Å². The minimum absolute atomic E-state index is 0.198. The highest BCUT2D eigenvalue weighted by atomic mass is 35.5. The van der Waals surface area contributed by atoms with Crippen LogP contribution in [0.2, 0.25) is 0 Å². The number of carbonyl (C=O) groups is 2. The predicted molar refractivity (Wildman–Crippen MR) is 61.8 cm³/mol. The maximum absolute atomic E-state index is 11.4. The highest BCUT2D eigenvalue weighted by Crippen LogP contribution is 2.04. The first kappa shape index (κ1) is 13.0. The Labute approximate surface area is 99.6 Å². The lowest BCUT2D eigenvalue weighted by Gasteiger charge is -2.22. The van der Waals surface area contributed by atoms with Gasteiger partial charge >= 0.3 is 0 Å². The summed E-state index contributed by atoms with van der Waals surface area (Å²) in [4.78, 5) is 22.3.